The van der Waals surface area contributed by atoms with E-state index in [-0.39, 0.29) is 12.0 Å². The summed E-state index contributed by atoms with van der Waals surface area (Å²) in [7, 11) is 0. The first-order valence-corrected chi connectivity index (χ1v) is 8.05. The number of hydrogen-bond acceptors (Lipinski definition) is 4. The molecule has 1 aliphatic heterocycles. The zero-order chi connectivity index (χ0) is 17.0. The Morgan fingerprint density at radius 1 is 1.43 bits per heavy atom. The van der Waals surface area contributed by atoms with Crippen molar-refractivity contribution in [3.05, 3.63) is 47.2 Å². The third-order valence-corrected chi connectivity index (χ3v) is 4.01. The molecule has 0 amide bonds. The molecule has 1 heterocycles. The maximum Gasteiger partial charge on any atom is 0.338 e. The van der Waals surface area contributed by atoms with Crippen LogP contribution in [0.5, 0.6) is 0 Å². The molecular formula is C17H22N2O3S. The largest absolute Gasteiger partial charge is 0.463 e. The molecule has 0 aromatic heterocycles. The molecule has 124 valence electrons. The number of carbonyl (C=O) groups is 1. The van der Waals surface area contributed by atoms with Crippen molar-refractivity contribution in [2.24, 2.45) is 0 Å². The molecule has 0 saturated carbocycles. The van der Waals surface area contributed by atoms with Crippen molar-refractivity contribution in [2.45, 2.75) is 32.9 Å². The Balaban J connectivity index is 2.48. The topological polar surface area (TPSA) is 61.8 Å². The van der Waals surface area contributed by atoms with Gasteiger partial charge in [0.2, 0.25) is 0 Å². The summed E-state index contributed by atoms with van der Waals surface area (Å²) in [5.74, 6) is -0.371. The number of β-amino-alcohol motifs (C(OH)–C–C–N with tert-alkyl or cyclic N) is 1. The molecule has 0 radical (unpaired) electrons. The van der Waals surface area contributed by atoms with Gasteiger partial charge < -0.3 is 20.1 Å². The number of nitrogens with one attached hydrogen (secondary N) is 1. The molecule has 2 N–H and O–H groups in total. The van der Waals surface area contributed by atoms with Crippen LogP contribution in [0.15, 0.2) is 41.6 Å². The monoisotopic (exact) mass is 334 g/mol. The number of carbonyl (C=O) groups excluding carboxylic acids is 1. The summed E-state index contributed by atoms with van der Waals surface area (Å²) in [5, 5.41) is 13.4. The second kappa shape index (κ2) is 7.57. The van der Waals surface area contributed by atoms with Crippen molar-refractivity contribution in [1.82, 2.24) is 10.2 Å². The first kappa shape index (κ1) is 17.4. The number of ether oxygens (including phenoxy) is 1. The van der Waals surface area contributed by atoms with E-state index in [2.05, 4.69) is 5.32 Å². The fourth-order valence-electron chi connectivity index (χ4n) is 2.63. The van der Waals surface area contributed by atoms with E-state index in [9.17, 15) is 9.90 Å². The van der Waals surface area contributed by atoms with Crippen LogP contribution in [-0.2, 0) is 9.53 Å². The summed E-state index contributed by atoms with van der Waals surface area (Å²) in [6.45, 7) is 5.92. The second-order valence-corrected chi connectivity index (χ2v) is 5.86. The lowest BCUT2D eigenvalue weighted by molar-refractivity contribution is -0.139. The SMILES string of the molecule is CCOC(=O)C1=C(C)N(CC(C)O)C(=S)NC1c1ccccc1. The number of nitrogens with zero attached hydrogens (tertiary/aromatic N) is 1. The van der Waals surface area contributed by atoms with E-state index in [4.69, 9.17) is 17.0 Å². The molecule has 2 atom stereocenters. The minimum absolute atomic E-state index is 0.304. The molecule has 23 heavy (non-hydrogen) atoms. The second-order valence-electron chi connectivity index (χ2n) is 5.47. The number of aliphatic hydroxyl groups excluding tert-OH is 1. The van der Waals surface area contributed by atoms with E-state index >= 15 is 0 Å². The molecule has 1 aromatic carbocycles. The van der Waals surface area contributed by atoms with Gasteiger partial charge in [0, 0.05) is 5.70 Å². The van der Waals surface area contributed by atoms with Crippen LogP contribution in [0.4, 0.5) is 0 Å². The van der Waals surface area contributed by atoms with E-state index in [0.29, 0.717) is 29.5 Å². The Kier molecular flexibility index (Phi) is 5.74. The normalized spacial score (nSPS) is 19.4. The number of hydrogen-bond donors (Lipinski definition) is 2. The van der Waals surface area contributed by atoms with E-state index in [1.165, 1.54) is 0 Å². The lowest BCUT2D eigenvalue weighted by atomic mass is 9.95. The van der Waals surface area contributed by atoms with Gasteiger partial charge in [0.25, 0.3) is 0 Å². The van der Waals surface area contributed by atoms with Crippen LogP contribution >= 0.6 is 12.2 Å². The van der Waals surface area contributed by atoms with Crippen LogP contribution in [0.3, 0.4) is 0 Å². The van der Waals surface area contributed by atoms with Gasteiger partial charge in [-0.2, -0.15) is 0 Å². The number of aliphatic hydroxyl groups is 1. The van der Waals surface area contributed by atoms with Crippen molar-refractivity contribution >= 4 is 23.3 Å². The van der Waals surface area contributed by atoms with Crippen LogP contribution in [0, 0.1) is 0 Å². The van der Waals surface area contributed by atoms with E-state index in [1.807, 2.05) is 37.3 Å². The molecule has 1 aromatic rings. The summed E-state index contributed by atoms with van der Waals surface area (Å²) in [6, 6.07) is 9.29. The van der Waals surface area contributed by atoms with Gasteiger partial charge in [0.15, 0.2) is 5.11 Å². The Morgan fingerprint density at radius 3 is 2.65 bits per heavy atom. The average Bonchev–Trinajstić information content (AvgIpc) is 2.51. The zero-order valence-corrected chi connectivity index (χ0v) is 14.4. The fraction of sp³-hybridized carbons (Fsp3) is 0.412. The van der Waals surface area contributed by atoms with Crippen molar-refractivity contribution < 1.29 is 14.6 Å². The summed E-state index contributed by atoms with van der Waals surface area (Å²) in [5.41, 5.74) is 2.17. The van der Waals surface area contributed by atoms with Crippen LogP contribution in [0.25, 0.3) is 0 Å². The van der Waals surface area contributed by atoms with E-state index in [0.717, 1.165) is 5.56 Å². The molecular weight excluding hydrogens is 312 g/mol. The summed E-state index contributed by atoms with van der Waals surface area (Å²) >= 11 is 5.42. The summed E-state index contributed by atoms with van der Waals surface area (Å²) in [6.07, 6.45) is -0.568. The van der Waals surface area contributed by atoms with Crippen molar-refractivity contribution in [3.63, 3.8) is 0 Å². The van der Waals surface area contributed by atoms with Crippen molar-refractivity contribution in [2.75, 3.05) is 13.2 Å². The molecule has 6 heteroatoms. The molecule has 0 bridgehead atoms. The Bertz CT molecular complexity index is 614. The van der Waals surface area contributed by atoms with E-state index < -0.39 is 6.10 Å². The van der Waals surface area contributed by atoms with Gasteiger partial charge in [0.05, 0.1) is 30.9 Å². The molecule has 0 aliphatic carbocycles. The van der Waals surface area contributed by atoms with Gasteiger partial charge in [-0.15, -0.1) is 0 Å². The highest BCUT2D eigenvalue weighted by Gasteiger charge is 2.34. The van der Waals surface area contributed by atoms with Gasteiger partial charge in [-0.1, -0.05) is 30.3 Å². The zero-order valence-electron chi connectivity index (χ0n) is 13.6. The number of benzene rings is 1. The predicted octanol–water partition coefficient (Wildman–Crippen LogP) is 2.14. The third kappa shape index (κ3) is 3.89. The lowest BCUT2D eigenvalue weighted by Crippen LogP contribution is -2.49. The van der Waals surface area contributed by atoms with Crippen LogP contribution in [-0.4, -0.2) is 40.3 Å². The number of rotatable bonds is 5. The standard InChI is InChI=1S/C17H22N2O3S/c1-4-22-16(21)14-12(3)19(10-11(2)20)17(23)18-15(14)13-8-6-5-7-9-13/h5-9,11,15,20H,4,10H2,1-3H3,(H,18,23). The van der Waals surface area contributed by atoms with Crippen molar-refractivity contribution in [3.8, 4) is 0 Å². The maximum atomic E-state index is 12.5. The highest BCUT2D eigenvalue weighted by Crippen LogP contribution is 2.31. The Hall–Kier alpha value is -1.92. The average molecular weight is 334 g/mol. The molecule has 0 spiro atoms. The molecule has 2 rings (SSSR count). The fourth-order valence-corrected chi connectivity index (χ4v) is 2.96. The van der Waals surface area contributed by atoms with Crippen LogP contribution in [0.1, 0.15) is 32.4 Å². The third-order valence-electron chi connectivity index (χ3n) is 3.67. The number of esters is 1. The minimum Gasteiger partial charge on any atom is -0.463 e. The van der Waals surface area contributed by atoms with Gasteiger partial charge >= 0.3 is 5.97 Å². The summed E-state index contributed by atoms with van der Waals surface area (Å²) < 4.78 is 5.22. The maximum absolute atomic E-state index is 12.5. The molecule has 1 aliphatic rings. The van der Waals surface area contributed by atoms with Gasteiger partial charge in [-0.05, 0) is 38.6 Å². The molecule has 0 fully saturated rings. The minimum atomic E-state index is -0.568. The van der Waals surface area contributed by atoms with E-state index in [1.54, 1.807) is 18.7 Å². The molecule has 5 nitrogen and oxygen atoms in total. The lowest BCUT2D eigenvalue weighted by Gasteiger charge is -2.38. The van der Waals surface area contributed by atoms with Gasteiger partial charge in [-0.3, -0.25) is 0 Å². The number of allylic oxidation sites excluding steroid dienone is 1. The Morgan fingerprint density at radius 2 is 2.09 bits per heavy atom. The highest BCUT2D eigenvalue weighted by molar-refractivity contribution is 7.80. The first-order valence-electron chi connectivity index (χ1n) is 7.64. The van der Waals surface area contributed by atoms with Crippen molar-refractivity contribution in [1.29, 1.82) is 0 Å². The summed E-state index contributed by atoms with van der Waals surface area (Å²) in [4.78, 5) is 14.2. The molecule has 2 unspecified atom stereocenters. The quantitative estimate of drug-likeness (QED) is 0.635. The first-order chi connectivity index (χ1) is 11.0. The van der Waals surface area contributed by atoms with Crippen LogP contribution in [0.2, 0.25) is 0 Å². The van der Waals surface area contributed by atoms with Gasteiger partial charge in [-0.25, -0.2) is 4.79 Å². The number of thiocarbonyl (C=S) groups is 1. The highest BCUT2D eigenvalue weighted by atomic mass is 32.1. The smallest absolute Gasteiger partial charge is 0.338 e. The molecule has 0 saturated heterocycles. The Labute approximate surface area is 141 Å². The van der Waals surface area contributed by atoms with Crippen LogP contribution < -0.4 is 5.32 Å². The van der Waals surface area contributed by atoms with Gasteiger partial charge in [0.1, 0.15) is 0 Å². The predicted molar refractivity (Wildman–Crippen MR) is 92.6 cm³/mol.